The van der Waals surface area contributed by atoms with Gasteiger partial charge in [0, 0.05) is 23.6 Å². The maximum absolute atomic E-state index is 13.2. The summed E-state index contributed by atoms with van der Waals surface area (Å²) in [5.74, 6) is 0.927. The summed E-state index contributed by atoms with van der Waals surface area (Å²) in [6.07, 6.45) is 0. The summed E-state index contributed by atoms with van der Waals surface area (Å²) in [6.45, 7) is 1.97. The Morgan fingerprint density at radius 3 is 2.56 bits per heavy atom. The number of aromatic nitrogens is 5. The van der Waals surface area contributed by atoms with Crippen LogP contribution >= 0.6 is 23.1 Å². The van der Waals surface area contributed by atoms with E-state index in [-0.39, 0.29) is 16.6 Å². The summed E-state index contributed by atoms with van der Waals surface area (Å²) in [4.78, 5) is 21.3. The van der Waals surface area contributed by atoms with Crippen LogP contribution in [0.15, 0.2) is 69.9 Å². The molecule has 2 aromatic carbocycles. The largest absolute Gasteiger partial charge is 0.309 e. The molecule has 0 saturated heterocycles. The van der Waals surface area contributed by atoms with Crippen LogP contribution in [0, 0.1) is 5.82 Å². The molecular weight excluding hydrogens is 445 g/mol. The van der Waals surface area contributed by atoms with Crippen LogP contribution in [0.2, 0.25) is 0 Å². The molecule has 1 atom stereocenters. The van der Waals surface area contributed by atoms with E-state index >= 15 is 0 Å². The van der Waals surface area contributed by atoms with Crippen LogP contribution in [0.3, 0.4) is 0 Å². The number of nitrogens with one attached hydrogen (secondary N) is 1. The Hall–Kier alpha value is -3.30. The van der Waals surface area contributed by atoms with Crippen molar-refractivity contribution in [2.75, 3.05) is 0 Å². The van der Waals surface area contributed by atoms with Gasteiger partial charge in [-0.2, -0.15) is 0 Å². The number of aromatic amines is 1. The number of halogens is 1. The summed E-state index contributed by atoms with van der Waals surface area (Å²) < 4.78 is 15.1. The van der Waals surface area contributed by atoms with E-state index in [1.807, 2.05) is 54.3 Å². The second-order valence-electron chi connectivity index (χ2n) is 7.28. The fourth-order valence-electron chi connectivity index (χ4n) is 3.47. The van der Waals surface area contributed by atoms with Crippen molar-refractivity contribution in [3.05, 3.63) is 82.0 Å². The number of rotatable bonds is 5. The maximum atomic E-state index is 13.2. The zero-order valence-electron chi connectivity index (χ0n) is 17.2. The fraction of sp³-hybridized carbons (Fsp3) is 0.130. The average Bonchev–Trinajstić information content (AvgIpc) is 3.39. The number of H-pyrrole nitrogens is 1. The molecule has 0 aliphatic heterocycles. The lowest BCUT2D eigenvalue weighted by Gasteiger charge is -2.10. The second kappa shape index (κ2) is 8.33. The van der Waals surface area contributed by atoms with Crippen molar-refractivity contribution in [2.24, 2.45) is 7.05 Å². The number of fused-ring (bicyclic) bond motifs is 1. The Balaban J connectivity index is 1.44. The molecule has 0 aliphatic carbocycles. The van der Waals surface area contributed by atoms with Gasteiger partial charge in [-0.05, 0) is 36.8 Å². The molecule has 0 amide bonds. The van der Waals surface area contributed by atoms with E-state index in [0.717, 1.165) is 16.7 Å². The third kappa shape index (κ3) is 3.74. The first-order chi connectivity index (χ1) is 15.5. The first-order valence-electron chi connectivity index (χ1n) is 9.90. The van der Waals surface area contributed by atoms with Crippen molar-refractivity contribution in [1.29, 1.82) is 0 Å². The van der Waals surface area contributed by atoms with Gasteiger partial charge in [0.05, 0.1) is 10.6 Å². The first-order valence-corrected chi connectivity index (χ1v) is 11.7. The molecule has 160 valence electrons. The minimum absolute atomic E-state index is 0.150. The predicted octanol–water partition coefficient (Wildman–Crippen LogP) is 5.44. The lowest BCUT2D eigenvalue weighted by Crippen LogP contribution is -2.12. The van der Waals surface area contributed by atoms with Gasteiger partial charge < -0.3 is 9.55 Å². The number of thiophene rings is 1. The highest BCUT2D eigenvalue weighted by molar-refractivity contribution is 7.99. The van der Waals surface area contributed by atoms with Crippen molar-refractivity contribution in [3.63, 3.8) is 0 Å². The minimum Gasteiger partial charge on any atom is -0.309 e. The Labute approximate surface area is 191 Å². The maximum Gasteiger partial charge on any atom is 0.260 e. The van der Waals surface area contributed by atoms with E-state index in [9.17, 15) is 9.18 Å². The van der Waals surface area contributed by atoms with Crippen LogP contribution in [-0.2, 0) is 7.05 Å². The number of thioether (sulfide) groups is 1. The van der Waals surface area contributed by atoms with Gasteiger partial charge in [0.1, 0.15) is 16.5 Å². The van der Waals surface area contributed by atoms with Crippen molar-refractivity contribution in [1.82, 2.24) is 24.7 Å². The summed E-state index contributed by atoms with van der Waals surface area (Å²) >= 11 is 2.91. The first kappa shape index (κ1) is 20.6. The molecule has 0 aliphatic rings. The molecule has 6 nitrogen and oxygen atoms in total. The Bertz CT molecular complexity index is 1460. The Morgan fingerprint density at radius 2 is 1.81 bits per heavy atom. The van der Waals surface area contributed by atoms with E-state index in [0.29, 0.717) is 27.0 Å². The van der Waals surface area contributed by atoms with Gasteiger partial charge in [-0.25, -0.2) is 9.37 Å². The molecule has 0 fully saturated rings. The van der Waals surface area contributed by atoms with E-state index in [4.69, 9.17) is 4.98 Å². The molecule has 3 heterocycles. The lowest BCUT2D eigenvalue weighted by molar-refractivity contribution is 0.628. The van der Waals surface area contributed by atoms with Gasteiger partial charge in [0.2, 0.25) is 0 Å². The summed E-state index contributed by atoms with van der Waals surface area (Å²) in [5, 5.41) is 11.6. The normalized spacial score (nSPS) is 12.3. The molecular formula is C23H18FN5OS2. The smallest absolute Gasteiger partial charge is 0.260 e. The predicted molar refractivity (Wildman–Crippen MR) is 126 cm³/mol. The van der Waals surface area contributed by atoms with Gasteiger partial charge in [-0.15, -0.1) is 21.5 Å². The Morgan fingerprint density at radius 1 is 1.06 bits per heavy atom. The zero-order valence-corrected chi connectivity index (χ0v) is 18.9. The van der Waals surface area contributed by atoms with Crippen LogP contribution in [0.5, 0.6) is 0 Å². The minimum atomic E-state index is -0.298. The third-order valence-corrected chi connectivity index (χ3v) is 7.17. The van der Waals surface area contributed by atoms with Gasteiger partial charge in [0.25, 0.3) is 5.56 Å². The summed E-state index contributed by atoms with van der Waals surface area (Å²) in [6, 6.07) is 16.0. The molecule has 9 heteroatoms. The van der Waals surface area contributed by atoms with E-state index in [1.54, 1.807) is 12.1 Å². The monoisotopic (exact) mass is 463 g/mol. The lowest BCUT2D eigenvalue weighted by atomic mass is 10.1. The second-order valence-corrected chi connectivity index (χ2v) is 9.44. The van der Waals surface area contributed by atoms with E-state index in [1.165, 1.54) is 35.2 Å². The van der Waals surface area contributed by atoms with Crippen molar-refractivity contribution in [3.8, 4) is 22.5 Å². The highest BCUT2D eigenvalue weighted by Gasteiger charge is 2.19. The van der Waals surface area contributed by atoms with Crippen LogP contribution in [0.4, 0.5) is 4.39 Å². The van der Waals surface area contributed by atoms with Gasteiger partial charge >= 0.3 is 0 Å². The van der Waals surface area contributed by atoms with Crippen LogP contribution in [0.25, 0.3) is 32.7 Å². The van der Waals surface area contributed by atoms with Crippen LogP contribution < -0.4 is 5.56 Å². The summed E-state index contributed by atoms with van der Waals surface area (Å²) in [5.41, 5.74) is 2.51. The molecule has 1 unspecified atom stereocenters. The highest BCUT2D eigenvalue weighted by atomic mass is 32.2. The molecule has 0 bridgehead atoms. The van der Waals surface area contributed by atoms with E-state index < -0.39 is 0 Å². The standard InChI is InChI=1S/C23H18FN5OS2/c1-13(32-23-28-27-20(29(23)2)15-8-10-16(24)11-9-15)19-25-21(30)18-17(12-31-22(18)26-19)14-6-4-3-5-7-14/h3-13H,1-2H3,(H,25,26,30). The molecule has 5 rings (SSSR count). The Kier molecular flexibility index (Phi) is 5.36. The number of hydrogen-bond acceptors (Lipinski definition) is 6. The van der Waals surface area contributed by atoms with Gasteiger partial charge in [-0.1, -0.05) is 42.1 Å². The highest BCUT2D eigenvalue weighted by Crippen LogP contribution is 2.35. The molecule has 0 radical (unpaired) electrons. The van der Waals surface area contributed by atoms with Gasteiger partial charge in [-0.3, -0.25) is 4.79 Å². The SMILES string of the molecule is CC(Sc1nnc(-c2ccc(F)cc2)n1C)c1nc2scc(-c3ccccc3)c2c(=O)[nH]1. The molecule has 0 saturated carbocycles. The summed E-state index contributed by atoms with van der Waals surface area (Å²) in [7, 11) is 1.86. The fourth-order valence-corrected chi connectivity index (χ4v) is 5.30. The molecule has 0 spiro atoms. The molecule has 3 aromatic heterocycles. The van der Waals surface area contributed by atoms with Gasteiger partial charge in [0.15, 0.2) is 11.0 Å². The van der Waals surface area contributed by atoms with Crippen LogP contribution in [0.1, 0.15) is 18.0 Å². The topological polar surface area (TPSA) is 76.5 Å². The number of hydrogen-bond donors (Lipinski definition) is 1. The molecule has 32 heavy (non-hydrogen) atoms. The molecule has 1 N–H and O–H groups in total. The third-order valence-electron chi connectivity index (χ3n) is 5.15. The van der Waals surface area contributed by atoms with Crippen LogP contribution in [-0.4, -0.2) is 24.7 Å². The van der Waals surface area contributed by atoms with E-state index in [2.05, 4.69) is 15.2 Å². The number of nitrogens with zero attached hydrogens (tertiary/aromatic N) is 4. The van der Waals surface area contributed by atoms with Crippen molar-refractivity contribution < 1.29 is 4.39 Å². The van der Waals surface area contributed by atoms with Crippen molar-refractivity contribution in [2.45, 2.75) is 17.3 Å². The zero-order chi connectivity index (χ0) is 22.2. The quantitative estimate of drug-likeness (QED) is 0.351. The molecule has 5 aromatic rings. The average molecular weight is 464 g/mol. The number of benzene rings is 2. The van der Waals surface area contributed by atoms with Crippen molar-refractivity contribution >= 4 is 33.3 Å².